The molecule has 158 valence electrons. The lowest BCUT2D eigenvalue weighted by Gasteiger charge is -2.21. The molecule has 3 aromatic heterocycles. The van der Waals surface area contributed by atoms with Gasteiger partial charge in [0.1, 0.15) is 13.2 Å². The van der Waals surface area contributed by atoms with Crippen LogP contribution in [0.1, 0.15) is 21.6 Å². The number of carbonyl (C=O) groups is 1. The predicted octanol–water partition coefficient (Wildman–Crippen LogP) is 4.05. The molecule has 1 amide bonds. The molecule has 0 unspecified atom stereocenters. The van der Waals surface area contributed by atoms with E-state index in [4.69, 9.17) is 14.5 Å². The van der Waals surface area contributed by atoms with Gasteiger partial charge in [-0.05, 0) is 42.1 Å². The van der Waals surface area contributed by atoms with Gasteiger partial charge in [0, 0.05) is 20.6 Å². The van der Waals surface area contributed by atoms with E-state index in [1.165, 1.54) is 0 Å². The van der Waals surface area contributed by atoms with Gasteiger partial charge in [-0.15, -0.1) is 11.3 Å². The first-order chi connectivity index (χ1) is 15.0. The Morgan fingerprint density at radius 1 is 1.19 bits per heavy atom. The average Bonchev–Trinajstić information content (AvgIpc) is 3.41. The zero-order chi connectivity index (χ0) is 21.5. The number of rotatable bonds is 4. The minimum absolute atomic E-state index is 0.0730. The van der Waals surface area contributed by atoms with E-state index >= 15 is 0 Å². The zero-order valence-electron chi connectivity index (χ0n) is 17.6. The van der Waals surface area contributed by atoms with Crippen LogP contribution < -0.4 is 9.47 Å². The van der Waals surface area contributed by atoms with E-state index in [0.29, 0.717) is 31.0 Å². The maximum atomic E-state index is 13.5. The second-order valence-electron chi connectivity index (χ2n) is 7.58. The molecule has 31 heavy (non-hydrogen) atoms. The van der Waals surface area contributed by atoms with Crippen molar-refractivity contribution in [3.63, 3.8) is 0 Å². The minimum Gasteiger partial charge on any atom is -0.486 e. The zero-order valence-corrected chi connectivity index (χ0v) is 18.4. The van der Waals surface area contributed by atoms with Crippen LogP contribution in [0.25, 0.3) is 21.6 Å². The number of nitrogens with zero attached hydrogens (tertiary/aromatic N) is 4. The molecular weight excluding hydrogens is 412 g/mol. The predicted molar refractivity (Wildman–Crippen MR) is 120 cm³/mol. The van der Waals surface area contributed by atoms with Gasteiger partial charge in [-0.2, -0.15) is 5.10 Å². The molecule has 0 atom stereocenters. The molecule has 0 saturated carbocycles. The third kappa shape index (κ3) is 3.53. The van der Waals surface area contributed by atoms with Crippen LogP contribution in [0.5, 0.6) is 11.5 Å². The Labute approximate surface area is 183 Å². The fourth-order valence-corrected chi connectivity index (χ4v) is 4.59. The number of aryl methyl sites for hydroxylation is 2. The Morgan fingerprint density at radius 2 is 2.00 bits per heavy atom. The third-order valence-electron chi connectivity index (χ3n) is 5.35. The van der Waals surface area contributed by atoms with Crippen molar-refractivity contribution in [3.05, 3.63) is 58.6 Å². The highest BCUT2D eigenvalue weighted by atomic mass is 32.1. The first-order valence-electron chi connectivity index (χ1n) is 10.0. The average molecular weight is 435 g/mol. The van der Waals surface area contributed by atoms with Crippen LogP contribution in [-0.2, 0) is 13.6 Å². The Hall–Kier alpha value is -3.39. The number of ether oxygens (including phenoxy) is 2. The van der Waals surface area contributed by atoms with E-state index in [9.17, 15) is 4.79 Å². The van der Waals surface area contributed by atoms with Crippen LogP contribution in [0, 0.1) is 6.92 Å². The van der Waals surface area contributed by atoms with Gasteiger partial charge in [-0.25, -0.2) is 4.98 Å². The second kappa shape index (κ2) is 7.70. The molecule has 0 radical (unpaired) electrons. The monoisotopic (exact) mass is 434 g/mol. The number of carbonyl (C=O) groups excluding carboxylic acids is 1. The Kier molecular flexibility index (Phi) is 4.86. The van der Waals surface area contributed by atoms with Gasteiger partial charge >= 0.3 is 0 Å². The normalized spacial score (nSPS) is 12.9. The Bertz CT molecular complexity index is 1280. The van der Waals surface area contributed by atoms with E-state index in [0.717, 1.165) is 38.7 Å². The van der Waals surface area contributed by atoms with Crippen molar-refractivity contribution >= 4 is 28.3 Å². The molecule has 1 aliphatic rings. The van der Waals surface area contributed by atoms with Crippen LogP contribution in [0.15, 0.2) is 41.8 Å². The molecule has 0 fully saturated rings. The molecule has 0 saturated heterocycles. The number of thiophene rings is 1. The van der Waals surface area contributed by atoms with Gasteiger partial charge in [0.15, 0.2) is 17.1 Å². The summed E-state index contributed by atoms with van der Waals surface area (Å²) in [5.41, 5.74) is 3.87. The van der Waals surface area contributed by atoms with Crippen molar-refractivity contribution in [1.82, 2.24) is 19.7 Å². The molecule has 7 nitrogen and oxygen atoms in total. The van der Waals surface area contributed by atoms with Gasteiger partial charge in [-0.1, -0.05) is 12.1 Å². The van der Waals surface area contributed by atoms with Gasteiger partial charge in [0.2, 0.25) is 0 Å². The van der Waals surface area contributed by atoms with Crippen LogP contribution in [0.3, 0.4) is 0 Å². The van der Waals surface area contributed by atoms with Crippen LogP contribution in [-0.4, -0.2) is 45.8 Å². The number of amides is 1. The van der Waals surface area contributed by atoms with Gasteiger partial charge in [0.05, 0.1) is 27.2 Å². The topological polar surface area (TPSA) is 69.5 Å². The lowest BCUT2D eigenvalue weighted by Crippen LogP contribution is -2.26. The van der Waals surface area contributed by atoms with Crippen molar-refractivity contribution in [2.75, 3.05) is 20.3 Å². The van der Waals surface area contributed by atoms with Crippen molar-refractivity contribution in [2.24, 2.45) is 7.05 Å². The summed E-state index contributed by atoms with van der Waals surface area (Å²) >= 11 is 1.60. The van der Waals surface area contributed by atoms with Crippen LogP contribution >= 0.6 is 11.3 Å². The summed E-state index contributed by atoms with van der Waals surface area (Å²) in [4.78, 5) is 21.1. The largest absolute Gasteiger partial charge is 0.486 e. The van der Waals surface area contributed by atoms with E-state index in [1.807, 2.05) is 62.8 Å². The second-order valence-corrected chi connectivity index (χ2v) is 8.53. The SMILES string of the molecule is Cc1nn(C)c2nc(-c3cccs3)cc(C(=O)N(C)Cc3ccc4c(c3)OCCO4)c12. The maximum Gasteiger partial charge on any atom is 0.254 e. The van der Waals surface area contributed by atoms with E-state index < -0.39 is 0 Å². The van der Waals surface area contributed by atoms with Gasteiger partial charge in [0.25, 0.3) is 5.91 Å². The molecule has 4 aromatic rings. The molecule has 0 bridgehead atoms. The summed E-state index contributed by atoms with van der Waals surface area (Å²) in [5, 5.41) is 7.30. The molecule has 4 heterocycles. The highest BCUT2D eigenvalue weighted by molar-refractivity contribution is 7.13. The summed E-state index contributed by atoms with van der Waals surface area (Å²) < 4.78 is 13.0. The summed E-state index contributed by atoms with van der Waals surface area (Å²) in [6, 6.07) is 11.7. The van der Waals surface area contributed by atoms with E-state index in [1.54, 1.807) is 20.9 Å². The Balaban J connectivity index is 1.51. The summed E-state index contributed by atoms with van der Waals surface area (Å²) in [6.07, 6.45) is 0. The molecule has 8 heteroatoms. The molecule has 0 spiro atoms. The summed E-state index contributed by atoms with van der Waals surface area (Å²) in [5.74, 6) is 1.39. The van der Waals surface area contributed by atoms with Crippen molar-refractivity contribution < 1.29 is 14.3 Å². The van der Waals surface area contributed by atoms with Crippen molar-refractivity contribution in [1.29, 1.82) is 0 Å². The highest BCUT2D eigenvalue weighted by Crippen LogP contribution is 2.32. The number of hydrogen-bond donors (Lipinski definition) is 0. The lowest BCUT2D eigenvalue weighted by atomic mass is 10.1. The third-order valence-corrected chi connectivity index (χ3v) is 6.24. The molecule has 0 N–H and O–H groups in total. The van der Waals surface area contributed by atoms with Crippen molar-refractivity contribution in [3.8, 4) is 22.1 Å². The number of hydrogen-bond acceptors (Lipinski definition) is 6. The molecule has 1 aromatic carbocycles. The maximum absolute atomic E-state index is 13.5. The van der Waals surface area contributed by atoms with Crippen LogP contribution in [0.4, 0.5) is 0 Å². The Morgan fingerprint density at radius 3 is 2.77 bits per heavy atom. The van der Waals surface area contributed by atoms with E-state index in [2.05, 4.69) is 5.10 Å². The van der Waals surface area contributed by atoms with E-state index in [-0.39, 0.29) is 5.91 Å². The molecule has 0 aliphatic carbocycles. The standard InChI is InChI=1S/C23H22N4O3S/c1-14-21-16(12-17(20-5-4-10-31-20)24-22(21)27(3)25-14)23(28)26(2)13-15-6-7-18-19(11-15)30-9-8-29-18/h4-7,10-12H,8-9,13H2,1-3H3. The van der Waals surface area contributed by atoms with Gasteiger partial charge < -0.3 is 14.4 Å². The van der Waals surface area contributed by atoms with Crippen LogP contribution in [0.2, 0.25) is 0 Å². The quantitative estimate of drug-likeness (QED) is 0.485. The first-order valence-corrected chi connectivity index (χ1v) is 10.9. The molecular formula is C23H22N4O3S. The molecule has 5 rings (SSSR count). The minimum atomic E-state index is -0.0730. The highest BCUT2D eigenvalue weighted by Gasteiger charge is 2.22. The van der Waals surface area contributed by atoms with Crippen molar-refractivity contribution in [2.45, 2.75) is 13.5 Å². The van der Waals surface area contributed by atoms with Gasteiger partial charge in [-0.3, -0.25) is 9.48 Å². The smallest absolute Gasteiger partial charge is 0.254 e. The fourth-order valence-electron chi connectivity index (χ4n) is 3.90. The first kappa shape index (κ1) is 19.6. The number of fused-ring (bicyclic) bond motifs is 2. The molecule has 1 aliphatic heterocycles. The number of pyridine rings is 1. The summed E-state index contributed by atoms with van der Waals surface area (Å²) in [6.45, 7) is 3.45. The number of aromatic nitrogens is 3. The lowest BCUT2D eigenvalue weighted by molar-refractivity contribution is 0.0786. The summed E-state index contributed by atoms with van der Waals surface area (Å²) in [7, 11) is 3.66. The fraction of sp³-hybridized carbons (Fsp3) is 0.261. The number of benzene rings is 1.